The first-order chi connectivity index (χ1) is 8.25. The normalized spacial score (nSPS) is 16.6. The minimum atomic E-state index is -1.25. The summed E-state index contributed by atoms with van der Waals surface area (Å²) in [6.07, 6.45) is 2.66. The highest BCUT2D eigenvalue weighted by Gasteiger charge is 2.38. The average Bonchev–Trinajstić information content (AvgIpc) is 2.64. The fraction of sp³-hybridized carbons (Fsp3) is 0.636. The molecule has 18 heavy (non-hydrogen) atoms. The van der Waals surface area contributed by atoms with Crippen molar-refractivity contribution in [3.8, 4) is 0 Å². The standard InChI is InChI=1S/C11H19N3O4/c1-10(2,3)18-9(17)12-5-4-11(8(15)16)13-6-7-14-11/h6-7,13-14H,4-5H2,1-3H3,(H,12,17)(H,15,16). The van der Waals surface area contributed by atoms with Gasteiger partial charge in [-0.2, -0.15) is 0 Å². The zero-order valence-corrected chi connectivity index (χ0v) is 10.7. The highest BCUT2D eigenvalue weighted by atomic mass is 16.6. The van der Waals surface area contributed by atoms with Gasteiger partial charge in [0.1, 0.15) is 5.60 Å². The van der Waals surface area contributed by atoms with Crippen LogP contribution in [0.2, 0.25) is 0 Å². The van der Waals surface area contributed by atoms with E-state index >= 15 is 0 Å². The summed E-state index contributed by atoms with van der Waals surface area (Å²) < 4.78 is 5.04. The van der Waals surface area contributed by atoms with Gasteiger partial charge in [-0.15, -0.1) is 0 Å². The van der Waals surface area contributed by atoms with E-state index in [0.717, 1.165) is 0 Å². The summed E-state index contributed by atoms with van der Waals surface area (Å²) >= 11 is 0. The predicted octanol–water partition coefficient (Wildman–Crippen LogP) is 0.346. The van der Waals surface area contributed by atoms with E-state index in [1.54, 1.807) is 20.8 Å². The highest BCUT2D eigenvalue weighted by Crippen LogP contribution is 2.11. The largest absolute Gasteiger partial charge is 0.478 e. The van der Waals surface area contributed by atoms with Gasteiger partial charge in [-0.05, 0) is 20.8 Å². The van der Waals surface area contributed by atoms with Gasteiger partial charge in [-0.25, -0.2) is 9.59 Å². The van der Waals surface area contributed by atoms with E-state index in [2.05, 4.69) is 16.0 Å². The summed E-state index contributed by atoms with van der Waals surface area (Å²) in [4.78, 5) is 22.5. The Hall–Kier alpha value is -1.92. The topological polar surface area (TPSA) is 99.7 Å². The molecule has 0 saturated carbocycles. The van der Waals surface area contributed by atoms with Crippen molar-refractivity contribution in [3.05, 3.63) is 12.4 Å². The lowest BCUT2D eigenvalue weighted by Gasteiger charge is -2.26. The molecule has 1 aliphatic rings. The van der Waals surface area contributed by atoms with Gasteiger partial charge in [-0.1, -0.05) is 0 Å². The average molecular weight is 257 g/mol. The lowest BCUT2D eigenvalue weighted by Crippen LogP contribution is -2.57. The summed E-state index contributed by atoms with van der Waals surface area (Å²) in [6.45, 7) is 5.46. The second-order valence-corrected chi connectivity index (χ2v) is 5.01. The summed E-state index contributed by atoms with van der Waals surface area (Å²) in [5, 5.41) is 17.0. The lowest BCUT2D eigenvalue weighted by atomic mass is 10.1. The van der Waals surface area contributed by atoms with Crippen molar-refractivity contribution in [2.24, 2.45) is 0 Å². The molecule has 0 aromatic rings. The zero-order valence-electron chi connectivity index (χ0n) is 10.7. The molecule has 1 amide bonds. The van der Waals surface area contributed by atoms with Crippen molar-refractivity contribution in [1.82, 2.24) is 16.0 Å². The number of nitrogens with one attached hydrogen (secondary N) is 3. The first-order valence-electron chi connectivity index (χ1n) is 5.66. The number of rotatable bonds is 4. The second-order valence-electron chi connectivity index (χ2n) is 5.01. The molecular formula is C11H19N3O4. The van der Waals surface area contributed by atoms with Crippen LogP contribution in [0.3, 0.4) is 0 Å². The van der Waals surface area contributed by atoms with Crippen LogP contribution in [0.5, 0.6) is 0 Å². The van der Waals surface area contributed by atoms with Crippen LogP contribution >= 0.6 is 0 Å². The van der Waals surface area contributed by atoms with Gasteiger partial charge < -0.3 is 25.8 Å². The van der Waals surface area contributed by atoms with Crippen LogP contribution in [0, 0.1) is 0 Å². The Bertz CT molecular complexity index is 352. The maximum atomic E-state index is 11.4. The maximum absolute atomic E-state index is 11.4. The molecule has 0 aliphatic carbocycles. The van der Waals surface area contributed by atoms with Gasteiger partial charge in [0.2, 0.25) is 5.66 Å². The van der Waals surface area contributed by atoms with Gasteiger partial charge >= 0.3 is 12.1 Å². The fourth-order valence-corrected chi connectivity index (χ4v) is 1.45. The Morgan fingerprint density at radius 2 is 1.89 bits per heavy atom. The molecule has 0 spiro atoms. The number of ether oxygens (including phenoxy) is 1. The number of alkyl carbamates (subject to hydrolysis) is 1. The molecule has 7 heteroatoms. The molecule has 1 aliphatic heterocycles. The van der Waals surface area contributed by atoms with Crippen LogP contribution in [0.1, 0.15) is 27.2 Å². The molecule has 102 valence electrons. The van der Waals surface area contributed by atoms with Crippen LogP contribution in [0.4, 0.5) is 4.79 Å². The van der Waals surface area contributed by atoms with E-state index < -0.39 is 23.3 Å². The van der Waals surface area contributed by atoms with Gasteiger partial charge in [0.25, 0.3) is 0 Å². The number of hydrogen-bond acceptors (Lipinski definition) is 5. The summed E-state index contributed by atoms with van der Waals surface area (Å²) in [5.74, 6) is -1.03. The minimum Gasteiger partial charge on any atom is -0.478 e. The molecule has 1 heterocycles. The second kappa shape index (κ2) is 5.16. The monoisotopic (exact) mass is 257 g/mol. The third-order valence-electron chi connectivity index (χ3n) is 2.28. The Morgan fingerprint density at radius 3 is 2.33 bits per heavy atom. The number of carbonyl (C=O) groups excluding carboxylic acids is 1. The van der Waals surface area contributed by atoms with Crippen LogP contribution in [0.25, 0.3) is 0 Å². The number of carboxylic acids is 1. The summed E-state index contributed by atoms with van der Waals surface area (Å²) in [7, 11) is 0. The number of aliphatic carboxylic acids is 1. The van der Waals surface area contributed by atoms with Crippen molar-refractivity contribution in [3.63, 3.8) is 0 Å². The molecule has 0 bridgehead atoms. The van der Waals surface area contributed by atoms with Crippen LogP contribution in [-0.4, -0.2) is 35.0 Å². The molecule has 0 aromatic heterocycles. The van der Waals surface area contributed by atoms with E-state index in [9.17, 15) is 9.59 Å². The van der Waals surface area contributed by atoms with E-state index in [1.165, 1.54) is 12.4 Å². The molecule has 0 saturated heterocycles. The van der Waals surface area contributed by atoms with Gasteiger partial charge in [0, 0.05) is 25.4 Å². The van der Waals surface area contributed by atoms with E-state index in [0.29, 0.717) is 0 Å². The van der Waals surface area contributed by atoms with Crippen molar-refractivity contribution in [1.29, 1.82) is 0 Å². The summed E-state index contributed by atoms with van der Waals surface area (Å²) in [5.41, 5.74) is -1.82. The van der Waals surface area contributed by atoms with Crippen LogP contribution in [0.15, 0.2) is 12.4 Å². The highest BCUT2D eigenvalue weighted by molar-refractivity contribution is 5.79. The molecule has 0 atom stereocenters. The molecule has 0 unspecified atom stereocenters. The first kappa shape index (κ1) is 14.1. The van der Waals surface area contributed by atoms with Gasteiger partial charge in [-0.3, -0.25) is 0 Å². The Kier molecular flexibility index (Phi) is 4.05. The Balaban J connectivity index is 2.37. The quantitative estimate of drug-likeness (QED) is 0.580. The minimum absolute atomic E-state index is 0.183. The van der Waals surface area contributed by atoms with Crippen molar-refractivity contribution >= 4 is 12.1 Å². The Morgan fingerprint density at radius 1 is 1.33 bits per heavy atom. The first-order valence-corrected chi connectivity index (χ1v) is 5.66. The van der Waals surface area contributed by atoms with Gasteiger partial charge in [0.15, 0.2) is 0 Å². The van der Waals surface area contributed by atoms with E-state index in [-0.39, 0.29) is 13.0 Å². The molecule has 1 rings (SSSR count). The van der Waals surface area contributed by atoms with Crippen LogP contribution in [-0.2, 0) is 9.53 Å². The number of hydrogen-bond donors (Lipinski definition) is 4. The molecule has 0 radical (unpaired) electrons. The van der Waals surface area contributed by atoms with Crippen LogP contribution < -0.4 is 16.0 Å². The summed E-state index contributed by atoms with van der Waals surface area (Å²) in [6, 6.07) is 0. The zero-order chi connectivity index (χ0) is 13.8. The van der Waals surface area contributed by atoms with Gasteiger partial charge in [0.05, 0.1) is 0 Å². The van der Waals surface area contributed by atoms with Crippen molar-refractivity contribution < 1.29 is 19.4 Å². The third-order valence-corrected chi connectivity index (χ3v) is 2.28. The SMILES string of the molecule is CC(C)(C)OC(=O)NCCC1(C(=O)O)NC=CN1. The molecule has 7 nitrogen and oxygen atoms in total. The molecular weight excluding hydrogens is 238 g/mol. The Labute approximate surface area is 106 Å². The van der Waals surface area contributed by atoms with Crippen molar-refractivity contribution in [2.75, 3.05) is 6.54 Å². The lowest BCUT2D eigenvalue weighted by molar-refractivity contribution is -0.145. The third kappa shape index (κ3) is 3.83. The number of carboxylic acid groups (broad SMARTS) is 1. The maximum Gasteiger partial charge on any atom is 0.407 e. The fourth-order valence-electron chi connectivity index (χ4n) is 1.45. The molecule has 0 fully saturated rings. The van der Waals surface area contributed by atoms with E-state index in [1.807, 2.05) is 0 Å². The molecule has 0 aromatic carbocycles. The number of amides is 1. The van der Waals surface area contributed by atoms with Crippen molar-refractivity contribution in [2.45, 2.75) is 38.5 Å². The molecule has 4 N–H and O–H groups in total. The predicted molar refractivity (Wildman–Crippen MR) is 64.6 cm³/mol. The number of carbonyl (C=O) groups is 2. The smallest absolute Gasteiger partial charge is 0.407 e. The van der Waals surface area contributed by atoms with E-state index in [4.69, 9.17) is 9.84 Å².